The van der Waals surface area contributed by atoms with Crippen molar-refractivity contribution in [1.29, 1.82) is 0 Å². The number of halogens is 3. The summed E-state index contributed by atoms with van der Waals surface area (Å²) in [4.78, 5) is 2.87. The molecule has 0 amide bonds. The van der Waals surface area contributed by atoms with Gasteiger partial charge in [-0.15, -0.1) is 22.7 Å². The molecule has 0 saturated carbocycles. The summed E-state index contributed by atoms with van der Waals surface area (Å²) in [6.07, 6.45) is 14.4. The molecule has 0 unspecified atom stereocenters. The van der Waals surface area contributed by atoms with Gasteiger partial charge in [-0.3, -0.25) is 0 Å². The zero-order valence-electron chi connectivity index (χ0n) is 19.3. The second-order valence-corrected chi connectivity index (χ2v) is 12.7. The molecule has 1 aromatic carbocycles. The third-order valence-electron chi connectivity index (χ3n) is 6.10. The summed E-state index contributed by atoms with van der Waals surface area (Å²) in [5.74, 6) is -1.74. The van der Waals surface area contributed by atoms with Crippen LogP contribution in [0.3, 0.4) is 0 Å². The van der Waals surface area contributed by atoms with Crippen LogP contribution in [0.2, 0.25) is 0 Å². The largest absolute Gasteiger partial charge is 0.204 e. The summed E-state index contributed by atoms with van der Waals surface area (Å²) >= 11 is 7.88. The summed E-state index contributed by atoms with van der Waals surface area (Å²) in [6, 6.07) is 7.19. The van der Waals surface area contributed by atoms with Gasteiger partial charge in [-0.2, -0.15) is 8.75 Å². The van der Waals surface area contributed by atoms with Crippen molar-refractivity contribution in [3.05, 3.63) is 45.2 Å². The maximum Gasteiger partial charge on any atom is 0.169 e. The van der Waals surface area contributed by atoms with Crippen molar-refractivity contribution in [2.24, 2.45) is 0 Å². The number of hydrogen-bond donors (Lipinski definition) is 0. The fourth-order valence-electron chi connectivity index (χ4n) is 4.20. The summed E-state index contributed by atoms with van der Waals surface area (Å²) in [6.45, 7) is 2.26. The van der Waals surface area contributed by atoms with Crippen LogP contribution in [0.1, 0.15) is 76.7 Å². The number of fused-ring (bicyclic) bond motifs is 1. The predicted octanol–water partition coefficient (Wildman–Crippen LogP) is 10.7. The number of aromatic nitrogens is 2. The molecule has 2 nitrogen and oxygen atoms in total. The van der Waals surface area contributed by atoms with Gasteiger partial charge in [0, 0.05) is 20.7 Å². The zero-order chi connectivity index (χ0) is 23.9. The minimum atomic E-state index is -0.886. The molecule has 0 fully saturated rings. The smallest absolute Gasteiger partial charge is 0.169 e. The van der Waals surface area contributed by atoms with Crippen molar-refractivity contribution in [3.63, 3.8) is 0 Å². The molecule has 3 heterocycles. The normalized spacial score (nSPS) is 11.6. The number of nitrogens with zero attached hydrogens (tertiary/aromatic N) is 2. The summed E-state index contributed by atoms with van der Waals surface area (Å²) in [7, 11) is 0. The highest BCUT2D eigenvalue weighted by atomic mass is 79.9. The van der Waals surface area contributed by atoms with Crippen LogP contribution in [0.4, 0.5) is 8.78 Å². The predicted molar refractivity (Wildman–Crippen MR) is 147 cm³/mol. The fraction of sp³-hybridized carbons (Fsp3) is 0.462. The molecule has 3 aromatic heterocycles. The van der Waals surface area contributed by atoms with E-state index in [1.807, 2.05) is 12.1 Å². The molecule has 182 valence electrons. The molecule has 0 aliphatic heterocycles. The van der Waals surface area contributed by atoms with Crippen LogP contribution in [0.15, 0.2) is 28.1 Å². The van der Waals surface area contributed by atoms with E-state index in [0.29, 0.717) is 15.9 Å². The van der Waals surface area contributed by atoms with Gasteiger partial charge in [0.05, 0.1) is 21.1 Å². The van der Waals surface area contributed by atoms with Gasteiger partial charge in [0.1, 0.15) is 11.0 Å². The standard InChI is InChI=1S/C26H29BrF2N2S3/c1-2-3-4-5-6-7-8-9-10-11-12-17-15-22(33-26(17)27)20-13-14-21(32-20)23-24(29)18(28)16-19-25(23)31-34-30-19/h13-16H,2-12H2,1H3. The van der Waals surface area contributed by atoms with E-state index in [4.69, 9.17) is 0 Å². The van der Waals surface area contributed by atoms with Gasteiger partial charge >= 0.3 is 0 Å². The Kier molecular flexibility index (Phi) is 9.62. The molecule has 8 heteroatoms. The second-order valence-electron chi connectivity index (χ2n) is 8.68. The Morgan fingerprint density at radius 3 is 2.21 bits per heavy atom. The number of thiophene rings is 2. The van der Waals surface area contributed by atoms with Crippen LogP contribution < -0.4 is 0 Å². The van der Waals surface area contributed by atoms with Crippen LogP contribution in [0, 0.1) is 11.6 Å². The highest BCUT2D eigenvalue weighted by molar-refractivity contribution is 9.11. The Balaban J connectivity index is 1.33. The number of unbranched alkanes of at least 4 members (excludes halogenated alkanes) is 9. The molecule has 0 atom stereocenters. The van der Waals surface area contributed by atoms with E-state index in [2.05, 4.69) is 37.7 Å². The lowest BCUT2D eigenvalue weighted by molar-refractivity contribution is 0.513. The van der Waals surface area contributed by atoms with Crippen molar-refractivity contribution in [1.82, 2.24) is 8.75 Å². The van der Waals surface area contributed by atoms with Gasteiger partial charge in [-0.05, 0) is 52.5 Å². The van der Waals surface area contributed by atoms with Crippen molar-refractivity contribution in [3.8, 4) is 20.2 Å². The first-order chi connectivity index (χ1) is 16.6. The molecule has 0 radical (unpaired) electrons. The van der Waals surface area contributed by atoms with Crippen LogP contribution in [-0.2, 0) is 6.42 Å². The zero-order valence-corrected chi connectivity index (χ0v) is 23.4. The third kappa shape index (κ3) is 6.31. The van der Waals surface area contributed by atoms with Crippen molar-refractivity contribution >= 4 is 61.4 Å². The molecule has 0 spiro atoms. The first-order valence-electron chi connectivity index (χ1n) is 12.1. The summed E-state index contributed by atoms with van der Waals surface area (Å²) < 4.78 is 38.2. The lowest BCUT2D eigenvalue weighted by Gasteiger charge is -2.02. The SMILES string of the molecule is CCCCCCCCCCCCc1cc(-c2ccc(-c3c(F)c(F)cc4nsnc34)s2)sc1Br. The molecule has 0 aliphatic carbocycles. The maximum atomic E-state index is 14.7. The molecular formula is C26H29BrF2N2S3. The number of benzene rings is 1. The Hall–Kier alpha value is -1.22. The van der Waals surface area contributed by atoms with Crippen molar-refractivity contribution in [2.75, 3.05) is 0 Å². The number of aryl methyl sites for hydroxylation is 1. The maximum absolute atomic E-state index is 14.7. The molecule has 0 N–H and O–H groups in total. The molecule has 0 saturated heterocycles. The minimum absolute atomic E-state index is 0.209. The molecular weight excluding hydrogens is 554 g/mol. The Bertz CT molecular complexity index is 1210. The highest BCUT2D eigenvalue weighted by Crippen LogP contribution is 2.43. The van der Waals surface area contributed by atoms with Gasteiger partial charge in [-0.25, -0.2) is 8.78 Å². The monoisotopic (exact) mass is 582 g/mol. The number of rotatable bonds is 13. The van der Waals surface area contributed by atoms with Gasteiger partial charge in [0.25, 0.3) is 0 Å². The van der Waals surface area contributed by atoms with Gasteiger partial charge in [-0.1, -0.05) is 64.7 Å². The van der Waals surface area contributed by atoms with Crippen LogP contribution in [0.5, 0.6) is 0 Å². The van der Waals surface area contributed by atoms with E-state index in [0.717, 1.165) is 37.8 Å². The van der Waals surface area contributed by atoms with Gasteiger partial charge in [0.2, 0.25) is 0 Å². The fourth-order valence-corrected chi connectivity index (χ4v) is 7.63. The van der Waals surface area contributed by atoms with E-state index in [-0.39, 0.29) is 5.56 Å². The van der Waals surface area contributed by atoms with Crippen LogP contribution >= 0.6 is 50.3 Å². The lowest BCUT2D eigenvalue weighted by atomic mass is 10.0. The van der Waals surface area contributed by atoms with Crippen LogP contribution in [0.25, 0.3) is 31.2 Å². The quantitative estimate of drug-likeness (QED) is 0.146. The topological polar surface area (TPSA) is 25.8 Å². The Morgan fingerprint density at radius 1 is 0.794 bits per heavy atom. The average Bonchev–Trinajstić information content (AvgIpc) is 3.56. The average molecular weight is 584 g/mol. The third-order valence-corrected chi connectivity index (χ3v) is 9.90. The molecule has 0 aliphatic rings. The summed E-state index contributed by atoms with van der Waals surface area (Å²) in [5.41, 5.74) is 2.36. The minimum Gasteiger partial charge on any atom is -0.204 e. The first kappa shape index (κ1) is 25.9. The van der Waals surface area contributed by atoms with E-state index < -0.39 is 11.6 Å². The van der Waals surface area contributed by atoms with Crippen molar-refractivity contribution < 1.29 is 8.78 Å². The summed E-state index contributed by atoms with van der Waals surface area (Å²) in [5, 5.41) is 0. The molecule has 4 rings (SSSR count). The second kappa shape index (κ2) is 12.7. The molecule has 0 bridgehead atoms. The molecule has 4 aromatic rings. The van der Waals surface area contributed by atoms with E-state index in [9.17, 15) is 8.78 Å². The highest BCUT2D eigenvalue weighted by Gasteiger charge is 2.20. The number of hydrogen-bond acceptors (Lipinski definition) is 5. The van der Waals surface area contributed by atoms with E-state index >= 15 is 0 Å². The van der Waals surface area contributed by atoms with E-state index in [1.54, 1.807) is 11.3 Å². The van der Waals surface area contributed by atoms with Gasteiger partial charge in [0.15, 0.2) is 11.6 Å². The van der Waals surface area contributed by atoms with Crippen LogP contribution in [-0.4, -0.2) is 8.75 Å². The van der Waals surface area contributed by atoms with Gasteiger partial charge < -0.3 is 0 Å². The van der Waals surface area contributed by atoms with Crippen molar-refractivity contribution in [2.45, 2.75) is 77.6 Å². The van der Waals surface area contributed by atoms with E-state index in [1.165, 1.54) is 81.1 Å². The lowest BCUT2D eigenvalue weighted by Crippen LogP contribution is -1.90. The Labute approximate surface area is 220 Å². The molecule has 34 heavy (non-hydrogen) atoms. The first-order valence-corrected chi connectivity index (χ1v) is 15.2. The Morgan fingerprint density at radius 2 is 1.47 bits per heavy atom.